The van der Waals surface area contributed by atoms with Gasteiger partial charge in [0.15, 0.2) is 0 Å². The molecular weight excluding hydrogens is 292 g/mol. The number of hydrogen-bond acceptors (Lipinski definition) is 1. The van der Waals surface area contributed by atoms with Gasteiger partial charge in [-0.1, -0.05) is 55.1 Å². The lowest BCUT2D eigenvalue weighted by Gasteiger charge is -2.41. The highest BCUT2D eigenvalue weighted by Gasteiger charge is 2.36. The van der Waals surface area contributed by atoms with Crippen molar-refractivity contribution in [3.05, 3.63) is 47.0 Å². The third-order valence-electron chi connectivity index (χ3n) is 5.43. The molecule has 1 saturated carbocycles. The summed E-state index contributed by atoms with van der Waals surface area (Å²) in [5.41, 5.74) is 2.44. The molecule has 1 aromatic rings. The smallest absolute Gasteiger partial charge is 0.0894 e. The fourth-order valence-electron chi connectivity index (χ4n) is 4.20. The van der Waals surface area contributed by atoms with E-state index in [1.54, 1.807) is 0 Å². The molecule has 0 unspecified atom stereocenters. The third-order valence-corrected chi connectivity index (χ3v) is 5.67. The maximum absolute atomic E-state index is 6.62. The van der Waals surface area contributed by atoms with Crippen molar-refractivity contribution < 1.29 is 4.74 Å². The Kier molecular flexibility index (Phi) is 5.25. The van der Waals surface area contributed by atoms with Crippen molar-refractivity contribution in [1.29, 1.82) is 0 Å². The third kappa shape index (κ3) is 3.58. The largest absolute Gasteiger partial charge is 0.369 e. The minimum absolute atomic E-state index is 0.122. The second-order valence-corrected chi connectivity index (χ2v) is 7.51. The van der Waals surface area contributed by atoms with Gasteiger partial charge in [-0.25, -0.2) is 0 Å². The van der Waals surface area contributed by atoms with E-state index in [1.807, 2.05) is 12.1 Å². The highest BCUT2D eigenvalue weighted by molar-refractivity contribution is 6.30. The van der Waals surface area contributed by atoms with Gasteiger partial charge in [0.1, 0.15) is 0 Å². The first-order valence-corrected chi connectivity index (χ1v) is 9.09. The van der Waals surface area contributed by atoms with Crippen LogP contribution in [0, 0.1) is 11.8 Å². The molecule has 1 saturated heterocycles. The van der Waals surface area contributed by atoms with E-state index in [0.717, 1.165) is 10.9 Å². The minimum Gasteiger partial charge on any atom is -0.369 e. The average molecular weight is 319 g/mol. The van der Waals surface area contributed by atoms with E-state index in [2.05, 4.69) is 25.6 Å². The average Bonchev–Trinajstić information content (AvgIpc) is 2.55. The first-order chi connectivity index (χ1) is 10.6. The van der Waals surface area contributed by atoms with E-state index < -0.39 is 0 Å². The van der Waals surface area contributed by atoms with Crippen LogP contribution in [0.1, 0.15) is 63.5 Å². The van der Waals surface area contributed by atoms with Gasteiger partial charge in [-0.05, 0) is 56.2 Å². The molecule has 0 radical (unpaired) electrons. The summed E-state index contributed by atoms with van der Waals surface area (Å²) < 4.78 is 6.62. The van der Waals surface area contributed by atoms with Gasteiger partial charge in [0.05, 0.1) is 12.2 Å². The fourth-order valence-corrected chi connectivity index (χ4v) is 4.40. The standard InChI is InChI=1S/C20H27ClO/c1-14(2)18-11-12-19(15-7-4-3-5-8-15)22-20(18)16-9-6-10-17(21)13-16/h6,9-10,13,15,18-20H,1,3-5,7-8,11-12H2,2H3/t18-,19-,20-/m0/s1. The number of halogens is 1. The number of ether oxygens (including phenoxy) is 1. The van der Waals surface area contributed by atoms with Crippen LogP contribution < -0.4 is 0 Å². The summed E-state index contributed by atoms with van der Waals surface area (Å²) >= 11 is 6.20. The van der Waals surface area contributed by atoms with E-state index in [9.17, 15) is 0 Å². The molecule has 1 heterocycles. The summed E-state index contributed by atoms with van der Waals surface area (Å²) in [5, 5.41) is 0.793. The molecule has 1 aliphatic carbocycles. The normalized spacial score (nSPS) is 30.2. The SMILES string of the molecule is C=C(C)[C@@H]1CC[C@@H](C2CCCCC2)O[C@H]1c1cccc(Cl)c1. The first-order valence-electron chi connectivity index (χ1n) is 8.71. The van der Waals surface area contributed by atoms with Gasteiger partial charge in [-0.3, -0.25) is 0 Å². The molecule has 3 rings (SSSR count). The number of rotatable bonds is 3. The topological polar surface area (TPSA) is 9.23 Å². The van der Waals surface area contributed by atoms with Gasteiger partial charge in [0.2, 0.25) is 0 Å². The summed E-state index contributed by atoms with van der Waals surface area (Å²) in [6, 6.07) is 8.17. The van der Waals surface area contributed by atoms with Crippen LogP contribution in [0.15, 0.2) is 36.4 Å². The number of hydrogen-bond donors (Lipinski definition) is 0. The molecule has 120 valence electrons. The zero-order valence-corrected chi connectivity index (χ0v) is 14.3. The Balaban J connectivity index is 1.80. The van der Waals surface area contributed by atoms with Crippen LogP contribution in [0.25, 0.3) is 0 Å². The zero-order chi connectivity index (χ0) is 15.5. The molecule has 2 fully saturated rings. The van der Waals surface area contributed by atoms with Crippen LogP contribution in [-0.2, 0) is 4.74 Å². The van der Waals surface area contributed by atoms with E-state index >= 15 is 0 Å². The van der Waals surface area contributed by atoms with Crippen molar-refractivity contribution >= 4 is 11.6 Å². The zero-order valence-electron chi connectivity index (χ0n) is 13.6. The minimum atomic E-state index is 0.122. The lowest BCUT2D eigenvalue weighted by atomic mass is 9.77. The summed E-state index contributed by atoms with van der Waals surface area (Å²) in [7, 11) is 0. The Hall–Kier alpha value is -0.790. The van der Waals surface area contributed by atoms with Crippen molar-refractivity contribution in [2.24, 2.45) is 11.8 Å². The maximum atomic E-state index is 6.62. The molecule has 1 nitrogen and oxygen atoms in total. The monoisotopic (exact) mass is 318 g/mol. The van der Waals surface area contributed by atoms with Crippen LogP contribution in [-0.4, -0.2) is 6.10 Å². The molecule has 0 amide bonds. The first kappa shape index (κ1) is 16.1. The van der Waals surface area contributed by atoms with Crippen LogP contribution in [0.2, 0.25) is 5.02 Å². The maximum Gasteiger partial charge on any atom is 0.0894 e. The van der Waals surface area contributed by atoms with Crippen molar-refractivity contribution in [3.8, 4) is 0 Å². The second-order valence-electron chi connectivity index (χ2n) is 7.08. The fraction of sp³-hybridized carbons (Fsp3) is 0.600. The lowest BCUT2D eigenvalue weighted by Crippen LogP contribution is -2.35. The molecule has 0 aromatic heterocycles. The predicted molar refractivity (Wildman–Crippen MR) is 93.2 cm³/mol. The van der Waals surface area contributed by atoms with Gasteiger partial charge in [-0.15, -0.1) is 0 Å². The molecule has 0 spiro atoms. The predicted octanol–water partition coefficient (Wildman–Crippen LogP) is 6.33. The van der Waals surface area contributed by atoms with Crippen LogP contribution in [0.4, 0.5) is 0 Å². The Morgan fingerprint density at radius 3 is 2.59 bits per heavy atom. The van der Waals surface area contributed by atoms with E-state index in [4.69, 9.17) is 16.3 Å². The van der Waals surface area contributed by atoms with Crippen molar-refractivity contribution in [3.63, 3.8) is 0 Å². The van der Waals surface area contributed by atoms with Crippen LogP contribution >= 0.6 is 11.6 Å². The Morgan fingerprint density at radius 1 is 1.14 bits per heavy atom. The van der Waals surface area contributed by atoms with Crippen molar-refractivity contribution in [1.82, 2.24) is 0 Å². The molecule has 22 heavy (non-hydrogen) atoms. The van der Waals surface area contributed by atoms with Gasteiger partial charge < -0.3 is 4.74 Å². The molecule has 0 N–H and O–H groups in total. The lowest BCUT2D eigenvalue weighted by molar-refractivity contribution is -0.106. The molecule has 2 aliphatic rings. The van der Waals surface area contributed by atoms with Gasteiger partial charge in [-0.2, -0.15) is 0 Å². The summed E-state index contributed by atoms with van der Waals surface area (Å²) in [6.07, 6.45) is 9.72. The second kappa shape index (κ2) is 7.19. The molecule has 3 atom stereocenters. The van der Waals surface area contributed by atoms with E-state index in [0.29, 0.717) is 12.0 Å². The van der Waals surface area contributed by atoms with Crippen molar-refractivity contribution in [2.75, 3.05) is 0 Å². The number of benzene rings is 1. The van der Waals surface area contributed by atoms with Crippen LogP contribution in [0.3, 0.4) is 0 Å². The molecule has 0 bridgehead atoms. The van der Waals surface area contributed by atoms with E-state index in [1.165, 1.54) is 56.1 Å². The van der Waals surface area contributed by atoms with Gasteiger partial charge in [0, 0.05) is 10.9 Å². The Morgan fingerprint density at radius 2 is 1.91 bits per heavy atom. The van der Waals surface area contributed by atoms with Crippen LogP contribution in [0.5, 0.6) is 0 Å². The summed E-state index contributed by atoms with van der Waals surface area (Å²) in [6.45, 7) is 6.33. The summed E-state index contributed by atoms with van der Waals surface area (Å²) in [4.78, 5) is 0. The van der Waals surface area contributed by atoms with Gasteiger partial charge in [0.25, 0.3) is 0 Å². The quantitative estimate of drug-likeness (QED) is 0.591. The highest BCUT2D eigenvalue weighted by atomic mass is 35.5. The Labute approximate surface area is 139 Å². The molecule has 1 aromatic carbocycles. The highest BCUT2D eigenvalue weighted by Crippen LogP contribution is 2.44. The molecule has 2 heteroatoms. The summed E-state index contributed by atoms with van der Waals surface area (Å²) in [5.74, 6) is 1.17. The van der Waals surface area contributed by atoms with E-state index in [-0.39, 0.29) is 6.10 Å². The Bertz CT molecular complexity index is 518. The van der Waals surface area contributed by atoms with Gasteiger partial charge >= 0.3 is 0 Å². The van der Waals surface area contributed by atoms with Crippen molar-refractivity contribution in [2.45, 2.75) is 64.1 Å². The molecule has 1 aliphatic heterocycles. The molecular formula is C20H27ClO.